The fourth-order valence-electron chi connectivity index (χ4n) is 3.47. The molecule has 0 spiro atoms. The Morgan fingerprint density at radius 2 is 1.62 bits per heavy atom. The van der Waals surface area contributed by atoms with Gasteiger partial charge in [-0.05, 0) is 24.0 Å². The lowest BCUT2D eigenvalue weighted by atomic mass is 9.74. The van der Waals surface area contributed by atoms with E-state index in [0.717, 1.165) is 38.6 Å². The Morgan fingerprint density at radius 1 is 1.00 bits per heavy atom. The lowest BCUT2D eigenvalue weighted by Gasteiger charge is -2.38. The van der Waals surface area contributed by atoms with Crippen molar-refractivity contribution in [2.75, 3.05) is 33.9 Å². The van der Waals surface area contributed by atoms with E-state index in [1.807, 2.05) is 20.2 Å². The van der Waals surface area contributed by atoms with Crippen LogP contribution in [-0.2, 0) is 16.7 Å². The highest BCUT2D eigenvalue weighted by molar-refractivity contribution is 5.79. The van der Waals surface area contributed by atoms with Gasteiger partial charge in [0.05, 0.1) is 6.54 Å². The minimum atomic E-state index is 0.100. The van der Waals surface area contributed by atoms with Gasteiger partial charge in [-0.3, -0.25) is 0 Å². The minimum absolute atomic E-state index is 0.100. The average Bonchev–Trinajstić information content (AvgIpc) is 2.70. The lowest BCUT2D eigenvalue weighted by molar-refractivity contribution is 0.0512. The Kier molecular flexibility index (Phi) is 6.29. The molecule has 1 fully saturated rings. The van der Waals surface area contributed by atoms with Crippen LogP contribution < -0.4 is 5.32 Å². The van der Waals surface area contributed by atoms with Gasteiger partial charge in [0.15, 0.2) is 5.96 Å². The summed E-state index contributed by atoms with van der Waals surface area (Å²) in [4.78, 5) is 6.86. The molecule has 0 radical (unpaired) electrons. The number of nitrogens with zero attached hydrogens (tertiary/aromatic N) is 2. The summed E-state index contributed by atoms with van der Waals surface area (Å²) in [5.41, 5.74) is 2.71. The monoisotopic (exact) mass is 351 g/mol. The molecule has 0 saturated carbocycles. The Balaban J connectivity index is 1.73. The molecule has 1 aliphatic rings. The molecule has 0 unspecified atom stereocenters. The maximum absolute atomic E-state index is 5.64. The predicted molar refractivity (Wildman–Crippen MR) is 107 cm³/mol. The van der Waals surface area contributed by atoms with Gasteiger partial charge >= 0.3 is 0 Å². The molecule has 1 saturated heterocycles. The standard InChI is InChI=1S/C22H29N3O/c1-25(2)21(23-17-19-9-5-3-6-10-19)24-18-22(13-15-26-16-14-22)20-11-7-4-8-12-20/h3-12H,13-18H2,1-2H3,(H,23,24). The van der Waals surface area contributed by atoms with E-state index in [2.05, 4.69) is 64.8 Å². The molecular formula is C22H29N3O. The number of benzene rings is 2. The van der Waals surface area contributed by atoms with Crippen molar-refractivity contribution in [3.05, 3.63) is 71.8 Å². The Bertz CT molecular complexity index is 692. The number of rotatable bonds is 5. The average molecular weight is 351 g/mol. The summed E-state index contributed by atoms with van der Waals surface area (Å²) >= 11 is 0. The lowest BCUT2D eigenvalue weighted by Crippen LogP contribution is -2.47. The second-order valence-corrected chi connectivity index (χ2v) is 7.13. The highest BCUT2D eigenvalue weighted by atomic mass is 16.5. The van der Waals surface area contributed by atoms with Crippen LogP contribution in [0.25, 0.3) is 0 Å². The van der Waals surface area contributed by atoms with E-state index in [1.54, 1.807) is 0 Å². The van der Waals surface area contributed by atoms with Crippen molar-refractivity contribution in [3.8, 4) is 0 Å². The van der Waals surface area contributed by atoms with E-state index in [0.29, 0.717) is 6.54 Å². The summed E-state index contributed by atoms with van der Waals surface area (Å²) in [5.74, 6) is 0.927. The molecule has 4 nitrogen and oxygen atoms in total. The summed E-state index contributed by atoms with van der Waals surface area (Å²) in [6, 6.07) is 21.2. The van der Waals surface area contributed by atoms with Crippen LogP contribution in [0.3, 0.4) is 0 Å². The molecule has 1 N–H and O–H groups in total. The highest BCUT2D eigenvalue weighted by Crippen LogP contribution is 2.34. The molecular weight excluding hydrogens is 322 g/mol. The molecule has 0 amide bonds. The maximum Gasteiger partial charge on any atom is 0.193 e. The van der Waals surface area contributed by atoms with Gasteiger partial charge < -0.3 is 15.0 Å². The number of ether oxygens (including phenoxy) is 1. The van der Waals surface area contributed by atoms with Crippen LogP contribution in [0.5, 0.6) is 0 Å². The van der Waals surface area contributed by atoms with Gasteiger partial charge in [-0.2, -0.15) is 0 Å². The zero-order chi connectivity index (χ0) is 18.2. The number of nitrogens with one attached hydrogen (secondary N) is 1. The zero-order valence-corrected chi connectivity index (χ0v) is 15.8. The molecule has 2 aromatic carbocycles. The van der Waals surface area contributed by atoms with Crippen molar-refractivity contribution in [1.29, 1.82) is 0 Å². The van der Waals surface area contributed by atoms with Crippen molar-refractivity contribution < 1.29 is 4.74 Å². The predicted octanol–water partition coefficient (Wildman–Crippen LogP) is 3.44. The number of aliphatic imine (C=N–C) groups is 1. The largest absolute Gasteiger partial charge is 0.381 e. The van der Waals surface area contributed by atoms with Crippen molar-refractivity contribution in [1.82, 2.24) is 10.2 Å². The SMILES string of the molecule is CN(C)C(=NCc1ccccc1)NCC1(c2ccccc2)CCOCC1. The molecule has 3 rings (SSSR count). The second kappa shape index (κ2) is 8.86. The molecule has 1 aliphatic heterocycles. The van der Waals surface area contributed by atoms with Crippen LogP contribution in [0.1, 0.15) is 24.0 Å². The van der Waals surface area contributed by atoms with Crippen LogP contribution >= 0.6 is 0 Å². The van der Waals surface area contributed by atoms with Crippen molar-refractivity contribution >= 4 is 5.96 Å². The van der Waals surface area contributed by atoms with Gasteiger partial charge in [-0.25, -0.2) is 4.99 Å². The molecule has 1 heterocycles. The van der Waals surface area contributed by atoms with Gasteiger partial charge in [0.2, 0.25) is 0 Å². The third-order valence-electron chi connectivity index (χ3n) is 5.10. The van der Waals surface area contributed by atoms with E-state index in [-0.39, 0.29) is 5.41 Å². The molecule has 0 bridgehead atoms. The third kappa shape index (κ3) is 4.64. The molecule has 4 heteroatoms. The topological polar surface area (TPSA) is 36.9 Å². The fourth-order valence-corrected chi connectivity index (χ4v) is 3.47. The van der Waals surface area contributed by atoms with E-state index in [9.17, 15) is 0 Å². The summed E-state index contributed by atoms with van der Waals surface area (Å²) in [7, 11) is 4.08. The summed E-state index contributed by atoms with van der Waals surface area (Å²) in [6.45, 7) is 3.18. The Labute approximate surface area is 156 Å². The van der Waals surface area contributed by atoms with E-state index in [4.69, 9.17) is 9.73 Å². The van der Waals surface area contributed by atoms with Gasteiger partial charge in [-0.15, -0.1) is 0 Å². The van der Waals surface area contributed by atoms with Gasteiger partial charge in [0.25, 0.3) is 0 Å². The van der Waals surface area contributed by atoms with Crippen LogP contribution in [0.4, 0.5) is 0 Å². The van der Waals surface area contributed by atoms with Crippen LogP contribution in [0.15, 0.2) is 65.7 Å². The number of hydrogen-bond donors (Lipinski definition) is 1. The zero-order valence-electron chi connectivity index (χ0n) is 15.8. The first kappa shape index (κ1) is 18.5. The van der Waals surface area contributed by atoms with Crippen molar-refractivity contribution in [3.63, 3.8) is 0 Å². The quantitative estimate of drug-likeness (QED) is 0.662. The minimum Gasteiger partial charge on any atom is -0.381 e. The number of guanidine groups is 1. The number of hydrogen-bond acceptors (Lipinski definition) is 2. The van der Waals surface area contributed by atoms with Gasteiger partial charge in [0.1, 0.15) is 0 Å². The maximum atomic E-state index is 5.64. The van der Waals surface area contributed by atoms with Crippen LogP contribution in [-0.4, -0.2) is 44.7 Å². The van der Waals surface area contributed by atoms with E-state index < -0.39 is 0 Å². The first-order valence-electron chi connectivity index (χ1n) is 9.32. The molecule has 26 heavy (non-hydrogen) atoms. The molecule has 0 aliphatic carbocycles. The fraction of sp³-hybridized carbons (Fsp3) is 0.409. The normalized spacial score (nSPS) is 16.9. The van der Waals surface area contributed by atoms with E-state index in [1.165, 1.54) is 11.1 Å². The third-order valence-corrected chi connectivity index (χ3v) is 5.10. The molecule has 0 atom stereocenters. The first-order valence-corrected chi connectivity index (χ1v) is 9.32. The van der Waals surface area contributed by atoms with Gasteiger partial charge in [0, 0.05) is 39.3 Å². The molecule has 2 aromatic rings. The summed E-state index contributed by atoms with van der Waals surface area (Å²) in [6.07, 6.45) is 2.06. The Hall–Kier alpha value is -2.33. The van der Waals surface area contributed by atoms with Crippen LogP contribution in [0.2, 0.25) is 0 Å². The summed E-state index contributed by atoms with van der Waals surface area (Å²) < 4.78 is 5.64. The van der Waals surface area contributed by atoms with Gasteiger partial charge in [-0.1, -0.05) is 60.7 Å². The van der Waals surface area contributed by atoms with Crippen molar-refractivity contribution in [2.45, 2.75) is 24.8 Å². The summed E-state index contributed by atoms with van der Waals surface area (Å²) in [5, 5.41) is 3.62. The van der Waals surface area contributed by atoms with Crippen LogP contribution in [0, 0.1) is 0 Å². The van der Waals surface area contributed by atoms with Crippen molar-refractivity contribution in [2.24, 2.45) is 4.99 Å². The van der Waals surface area contributed by atoms with E-state index >= 15 is 0 Å². The Morgan fingerprint density at radius 3 is 2.23 bits per heavy atom. The first-order chi connectivity index (χ1) is 12.7. The smallest absolute Gasteiger partial charge is 0.193 e. The molecule has 138 valence electrons. The second-order valence-electron chi connectivity index (χ2n) is 7.13. The molecule has 0 aromatic heterocycles. The highest BCUT2D eigenvalue weighted by Gasteiger charge is 2.34.